The number of nitrogens with one attached hydrogen (secondary N) is 3. The molecule has 3 aromatic carbocycles. The van der Waals surface area contributed by atoms with E-state index in [1.165, 1.54) is 6.33 Å². The molecule has 0 saturated heterocycles. The van der Waals surface area contributed by atoms with Gasteiger partial charge in [-0.3, -0.25) is 4.79 Å². The van der Waals surface area contributed by atoms with Crippen molar-refractivity contribution in [1.29, 1.82) is 0 Å². The first-order valence-corrected chi connectivity index (χ1v) is 11.2. The monoisotopic (exact) mass is 470 g/mol. The van der Waals surface area contributed by atoms with E-state index in [-0.39, 0.29) is 19.1 Å². The van der Waals surface area contributed by atoms with Crippen LogP contribution in [0.4, 0.5) is 4.79 Å². The van der Waals surface area contributed by atoms with Gasteiger partial charge in [0.15, 0.2) is 0 Å². The minimum absolute atomic E-state index is 0.0986. The van der Waals surface area contributed by atoms with Crippen LogP contribution in [0.3, 0.4) is 0 Å². The Morgan fingerprint density at radius 1 is 0.857 bits per heavy atom. The van der Waals surface area contributed by atoms with Crippen molar-refractivity contribution in [1.82, 2.24) is 20.6 Å². The molecule has 4 rings (SSSR count). The molecule has 1 atom stereocenters. The van der Waals surface area contributed by atoms with Gasteiger partial charge in [0.2, 0.25) is 5.91 Å². The first-order valence-electron chi connectivity index (χ1n) is 11.2. The number of ether oxygens (including phenoxy) is 2. The molecule has 0 spiro atoms. The van der Waals surface area contributed by atoms with E-state index in [4.69, 9.17) is 9.47 Å². The molecule has 0 aliphatic heterocycles. The summed E-state index contributed by atoms with van der Waals surface area (Å²) in [5, 5.41) is 5.48. The summed E-state index contributed by atoms with van der Waals surface area (Å²) in [5.41, 5.74) is 3.24. The lowest BCUT2D eigenvalue weighted by molar-refractivity contribution is -0.123. The van der Waals surface area contributed by atoms with E-state index in [1.54, 1.807) is 30.5 Å². The fraction of sp³-hybridized carbons (Fsp3) is 0.148. The Morgan fingerprint density at radius 3 is 2.14 bits per heavy atom. The summed E-state index contributed by atoms with van der Waals surface area (Å²) in [6.45, 7) is 0.772. The average Bonchev–Trinajstić information content (AvgIpc) is 3.43. The number of carbonyl (C=O) groups excluding carboxylic acids is 2. The normalized spacial score (nSPS) is 11.3. The van der Waals surface area contributed by atoms with Crippen LogP contribution < -0.4 is 15.4 Å². The van der Waals surface area contributed by atoms with E-state index in [2.05, 4.69) is 20.6 Å². The summed E-state index contributed by atoms with van der Waals surface area (Å²) in [7, 11) is 0. The fourth-order valence-corrected chi connectivity index (χ4v) is 3.35. The van der Waals surface area contributed by atoms with Gasteiger partial charge in [0, 0.05) is 6.20 Å². The zero-order valence-electron chi connectivity index (χ0n) is 19.0. The van der Waals surface area contributed by atoms with Crippen LogP contribution in [-0.4, -0.2) is 22.0 Å². The summed E-state index contributed by atoms with van der Waals surface area (Å²) in [5.74, 6) is 0.273. The van der Waals surface area contributed by atoms with Gasteiger partial charge in [-0.2, -0.15) is 0 Å². The van der Waals surface area contributed by atoms with Crippen molar-refractivity contribution >= 4 is 12.0 Å². The molecule has 4 aromatic rings. The van der Waals surface area contributed by atoms with Crippen molar-refractivity contribution < 1.29 is 19.1 Å². The molecule has 0 unspecified atom stereocenters. The number of rotatable bonds is 10. The third-order valence-electron chi connectivity index (χ3n) is 5.21. The molecule has 0 bridgehead atoms. The van der Waals surface area contributed by atoms with Crippen LogP contribution in [0.5, 0.6) is 5.75 Å². The van der Waals surface area contributed by atoms with Gasteiger partial charge in [-0.25, -0.2) is 9.78 Å². The van der Waals surface area contributed by atoms with Crippen molar-refractivity contribution in [3.8, 4) is 5.75 Å². The van der Waals surface area contributed by atoms with Crippen molar-refractivity contribution in [2.24, 2.45) is 0 Å². The molecule has 8 nitrogen and oxygen atoms in total. The molecule has 8 heteroatoms. The number of imidazole rings is 1. The van der Waals surface area contributed by atoms with Gasteiger partial charge in [0.1, 0.15) is 25.0 Å². The molecule has 0 fully saturated rings. The molecule has 0 saturated carbocycles. The molecular formula is C27H26N4O4. The number of hydrogen-bond donors (Lipinski definition) is 3. The van der Waals surface area contributed by atoms with Crippen LogP contribution in [0, 0.1) is 0 Å². The molecule has 0 radical (unpaired) electrons. The molecule has 178 valence electrons. The van der Waals surface area contributed by atoms with Crippen LogP contribution in [0.1, 0.15) is 28.4 Å². The minimum atomic E-state index is -0.954. The Balaban J connectivity index is 1.41. The quantitative estimate of drug-likeness (QED) is 0.321. The number of alkyl carbamates (subject to hydrolysis) is 1. The number of hydrogen-bond acceptors (Lipinski definition) is 5. The molecule has 1 heterocycles. The third kappa shape index (κ3) is 7.20. The highest BCUT2D eigenvalue weighted by Gasteiger charge is 2.23. The molecule has 1 aromatic heterocycles. The molecule has 0 aliphatic rings. The number of benzene rings is 3. The summed E-state index contributed by atoms with van der Waals surface area (Å²) < 4.78 is 11.1. The van der Waals surface area contributed by atoms with E-state index in [9.17, 15) is 9.59 Å². The van der Waals surface area contributed by atoms with Crippen LogP contribution in [0.15, 0.2) is 97.5 Å². The zero-order valence-corrected chi connectivity index (χ0v) is 19.0. The van der Waals surface area contributed by atoms with Gasteiger partial charge in [0.05, 0.1) is 18.6 Å². The fourth-order valence-electron chi connectivity index (χ4n) is 3.35. The Morgan fingerprint density at radius 2 is 1.51 bits per heavy atom. The standard InChI is InChI=1S/C27H26N4O4/c32-26(29-16-23-15-28-19-30-23)25(31-27(33)35-18-21-9-5-2-6-10-21)22-11-13-24(14-12-22)34-17-20-7-3-1-4-8-20/h1-15,19,25H,16-18H2,(H,28,30)(H,29,32)(H,31,33)/t25-/m1/s1. The highest BCUT2D eigenvalue weighted by atomic mass is 16.5. The highest BCUT2D eigenvalue weighted by molar-refractivity contribution is 5.86. The number of amides is 2. The lowest BCUT2D eigenvalue weighted by Gasteiger charge is -2.19. The second-order valence-electron chi connectivity index (χ2n) is 7.78. The number of aromatic amines is 1. The smallest absolute Gasteiger partial charge is 0.408 e. The summed E-state index contributed by atoms with van der Waals surface area (Å²) >= 11 is 0. The summed E-state index contributed by atoms with van der Waals surface area (Å²) in [4.78, 5) is 32.4. The van der Waals surface area contributed by atoms with Gasteiger partial charge in [0.25, 0.3) is 0 Å². The van der Waals surface area contributed by atoms with Gasteiger partial charge in [-0.05, 0) is 28.8 Å². The van der Waals surface area contributed by atoms with Crippen molar-refractivity contribution in [3.05, 3.63) is 120 Å². The van der Waals surface area contributed by atoms with E-state index < -0.39 is 12.1 Å². The van der Waals surface area contributed by atoms with Gasteiger partial charge in [-0.1, -0.05) is 72.8 Å². The van der Waals surface area contributed by atoms with Crippen molar-refractivity contribution in [2.75, 3.05) is 0 Å². The van der Waals surface area contributed by atoms with Crippen LogP contribution in [0.25, 0.3) is 0 Å². The van der Waals surface area contributed by atoms with E-state index in [0.717, 1.165) is 16.8 Å². The van der Waals surface area contributed by atoms with Gasteiger partial charge in [-0.15, -0.1) is 0 Å². The van der Waals surface area contributed by atoms with E-state index >= 15 is 0 Å². The Hall–Kier alpha value is -4.59. The van der Waals surface area contributed by atoms with Gasteiger partial charge >= 0.3 is 6.09 Å². The van der Waals surface area contributed by atoms with Crippen LogP contribution >= 0.6 is 0 Å². The Labute approximate surface area is 203 Å². The second kappa shape index (κ2) is 12.0. The number of carbonyl (C=O) groups is 2. The number of aromatic nitrogens is 2. The summed E-state index contributed by atoms with van der Waals surface area (Å²) in [6, 6.07) is 25.2. The number of H-pyrrole nitrogens is 1. The van der Waals surface area contributed by atoms with E-state index in [0.29, 0.717) is 17.9 Å². The largest absolute Gasteiger partial charge is 0.489 e. The minimum Gasteiger partial charge on any atom is -0.489 e. The molecular weight excluding hydrogens is 444 g/mol. The zero-order chi connectivity index (χ0) is 24.3. The SMILES string of the molecule is O=C(N[C@@H](C(=O)NCc1cnc[nH]1)c1ccc(OCc2ccccc2)cc1)OCc1ccccc1. The third-order valence-corrected chi connectivity index (χ3v) is 5.21. The molecule has 3 N–H and O–H groups in total. The predicted molar refractivity (Wildman–Crippen MR) is 130 cm³/mol. The summed E-state index contributed by atoms with van der Waals surface area (Å²) in [6.07, 6.45) is 2.46. The first kappa shape index (κ1) is 23.6. The predicted octanol–water partition coefficient (Wildman–Crippen LogP) is 4.27. The lowest BCUT2D eigenvalue weighted by Crippen LogP contribution is -2.40. The van der Waals surface area contributed by atoms with Crippen LogP contribution in [0.2, 0.25) is 0 Å². The van der Waals surface area contributed by atoms with Gasteiger partial charge < -0.3 is 25.1 Å². The number of nitrogens with zero attached hydrogens (tertiary/aromatic N) is 1. The lowest BCUT2D eigenvalue weighted by atomic mass is 10.1. The Kier molecular flexibility index (Phi) is 8.10. The van der Waals surface area contributed by atoms with Crippen molar-refractivity contribution in [2.45, 2.75) is 25.8 Å². The maximum Gasteiger partial charge on any atom is 0.408 e. The maximum absolute atomic E-state index is 13.0. The highest BCUT2D eigenvalue weighted by Crippen LogP contribution is 2.20. The topological polar surface area (TPSA) is 105 Å². The molecule has 2 amide bonds. The molecule has 35 heavy (non-hydrogen) atoms. The first-order chi connectivity index (χ1) is 17.2. The molecule has 0 aliphatic carbocycles. The average molecular weight is 471 g/mol. The maximum atomic E-state index is 13.0. The second-order valence-corrected chi connectivity index (χ2v) is 7.78. The van der Waals surface area contributed by atoms with Crippen molar-refractivity contribution in [3.63, 3.8) is 0 Å². The van der Waals surface area contributed by atoms with E-state index in [1.807, 2.05) is 60.7 Å². The Bertz CT molecular complexity index is 1200. The van der Waals surface area contributed by atoms with Crippen LogP contribution in [-0.2, 0) is 29.3 Å².